The summed E-state index contributed by atoms with van der Waals surface area (Å²) in [4.78, 5) is 0. The number of nitrogens with one attached hydrogen (secondary N) is 1. The topological polar surface area (TPSA) is 33.6 Å². The monoisotopic (exact) mass is 269 g/mol. The number of aromatic nitrogens is 3. The van der Waals surface area contributed by atoms with Crippen LogP contribution in [0.25, 0.3) is 11.4 Å². The largest absolute Gasteiger partial charge is 0.295 e. The molecule has 3 nitrogen and oxygen atoms in total. The van der Waals surface area contributed by atoms with E-state index in [0.717, 1.165) is 12.1 Å². The number of benzene rings is 1. The maximum Gasteiger partial charge on any atom is 0.195 e. The number of rotatable bonds is 1. The van der Waals surface area contributed by atoms with E-state index in [1.165, 1.54) is 6.07 Å². The first-order valence-electron chi connectivity index (χ1n) is 5.44. The Hall–Kier alpha value is -1.56. The molecule has 18 heavy (non-hydrogen) atoms. The number of aromatic amines is 1. The normalized spacial score (nSPS) is 11.8. The Morgan fingerprint density at radius 1 is 1.22 bits per heavy atom. The van der Waals surface area contributed by atoms with E-state index in [1.54, 1.807) is 4.57 Å². The molecule has 0 atom stereocenters. The van der Waals surface area contributed by atoms with E-state index in [0.29, 0.717) is 16.2 Å². The van der Waals surface area contributed by atoms with Gasteiger partial charge >= 0.3 is 0 Å². The molecular weight excluding hydrogens is 256 g/mol. The van der Waals surface area contributed by atoms with Crippen molar-refractivity contribution in [2.24, 2.45) is 0 Å². The summed E-state index contributed by atoms with van der Waals surface area (Å²) in [6.45, 7) is 5.88. The summed E-state index contributed by atoms with van der Waals surface area (Å²) in [6, 6.07) is 3.67. The standard InChI is InChI=1S/C12H13F2N3S/c1-12(2,3)17-10(15-16-11(17)18)7-4-5-8(13)9(14)6-7/h4-6H,1-3H3,(H,16,18). The van der Waals surface area contributed by atoms with Crippen molar-refractivity contribution in [1.29, 1.82) is 0 Å². The molecule has 96 valence electrons. The lowest BCUT2D eigenvalue weighted by Gasteiger charge is -2.22. The van der Waals surface area contributed by atoms with Crippen molar-refractivity contribution in [2.45, 2.75) is 26.3 Å². The Morgan fingerprint density at radius 2 is 1.89 bits per heavy atom. The minimum Gasteiger partial charge on any atom is -0.295 e. The van der Waals surface area contributed by atoms with Crippen molar-refractivity contribution in [1.82, 2.24) is 14.8 Å². The highest BCUT2D eigenvalue weighted by Crippen LogP contribution is 2.25. The molecule has 0 bridgehead atoms. The highest BCUT2D eigenvalue weighted by atomic mass is 32.1. The van der Waals surface area contributed by atoms with Crippen molar-refractivity contribution >= 4 is 12.2 Å². The molecule has 0 spiro atoms. The highest BCUT2D eigenvalue weighted by Gasteiger charge is 2.21. The van der Waals surface area contributed by atoms with Gasteiger partial charge < -0.3 is 0 Å². The lowest BCUT2D eigenvalue weighted by atomic mass is 10.1. The van der Waals surface area contributed by atoms with Gasteiger partial charge in [0, 0.05) is 11.1 Å². The Balaban J connectivity index is 2.65. The van der Waals surface area contributed by atoms with E-state index in [9.17, 15) is 8.78 Å². The smallest absolute Gasteiger partial charge is 0.195 e. The van der Waals surface area contributed by atoms with Crippen molar-refractivity contribution in [3.05, 3.63) is 34.6 Å². The molecular formula is C12H13F2N3S. The zero-order chi connectivity index (χ0) is 13.5. The van der Waals surface area contributed by atoms with Gasteiger partial charge in [0.1, 0.15) is 0 Å². The van der Waals surface area contributed by atoms with Crippen LogP contribution in [0.15, 0.2) is 18.2 Å². The molecule has 0 saturated carbocycles. The summed E-state index contributed by atoms with van der Waals surface area (Å²) in [5.41, 5.74) is 0.181. The van der Waals surface area contributed by atoms with Crippen molar-refractivity contribution in [3.63, 3.8) is 0 Å². The van der Waals surface area contributed by atoms with Gasteiger partial charge in [0.25, 0.3) is 0 Å². The lowest BCUT2D eigenvalue weighted by Crippen LogP contribution is -2.23. The number of hydrogen-bond acceptors (Lipinski definition) is 2. The SMILES string of the molecule is CC(C)(C)n1c(-c2ccc(F)c(F)c2)n[nH]c1=S. The van der Waals surface area contributed by atoms with Crippen LogP contribution in [-0.2, 0) is 5.54 Å². The Morgan fingerprint density at radius 3 is 2.44 bits per heavy atom. The molecule has 1 aromatic heterocycles. The van der Waals surface area contributed by atoms with Crippen LogP contribution < -0.4 is 0 Å². The van der Waals surface area contributed by atoms with Crippen molar-refractivity contribution < 1.29 is 8.78 Å². The van der Waals surface area contributed by atoms with Crippen molar-refractivity contribution in [2.75, 3.05) is 0 Å². The van der Waals surface area contributed by atoms with Crippen LogP contribution in [-0.4, -0.2) is 14.8 Å². The maximum absolute atomic E-state index is 13.3. The molecule has 0 aliphatic heterocycles. The van der Waals surface area contributed by atoms with Gasteiger partial charge in [-0.05, 0) is 51.2 Å². The first-order valence-corrected chi connectivity index (χ1v) is 5.85. The summed E-state index contributed by atoms with van der Waals surface area (Å²) < 4.78 is 28.4. The van der Waals surface area contributed by atoms with E-state index in [1.807, 2.05) is 20.8 Å². The van der Waals surface area contributed by atoms with Crippen LogP contribution in [0.3, 0.4) is 0 Å². The van der Waals surface area contributed by atoms with Crippen LogP contribution in [0.4, 0.5) is 8.78 Å². The third-order valence-corrected chi connectivity index (χ3v) is 2.79. The average Bonchev–Trinajstić information content (AvgIpc) is 2.64. The molecule has 0 amide bonds. The fourth-order valence-electron chi connectivity index (χ4n) is 1.75. The number of hydrogen-bond donors (Lipinski definition) is 1. The minimum absolute atomic E-state index is 0.301. The fourth-order valence-corrected chi connectivity index (χ4v) is 2.15. The summed E-state index contributed by atoms with van der Waals surface area (Å²) in [5.74, 6) is -1.29. The van der Waals surface area contributed by atoms with Gasteiger partial charge in [0.2, 0.25) is 0 Å². The van der Waals surface area contributed by atoms with Crippen LogP contribution in [0.1, 0.15) is 20.8 Å². The molecule has 1 aromatic carbocycles. The third kappa shape index (κ3) is 2.20. The summed E-state index contributed by atoms with van der Waals surface area (Å²) in [5, 5.41) is 6.76. The molecule has 6 heteroatoms. The molecule has 0 unspecified atom stereocenters. The predicted octanol–water partition coefficient (Wildman–Crippen LogP) is 3.64. The number of nitrogens with zero attached hydrogens (tertiary/aromatic N) is 2. The van der Waals surface area contributed by atoms with Gasteiger partial charge in [-0.25, -0.2) is 8.78 Å². The number of halogens is 2. The zero-order valence-corrected chi connectivity index (χ0v) is 11.1. The van der Waals surface area contributed by atoms with E-state index < -0.39 is 11.6 Å². The summed E-state index contributed by atoms with van der Waals surface area (Å²) >= 11 is 5.16. The Labute approximate surface area is 108 Å². The van der Waals surface area contributed by atoms with Crippen LogP contribution in [0, 0.1) is 16.4 Å². The quantitative estimate of drug-likeness (QED) is 0.802. The molecule has 1 N–H and O–H groups in total. The van der Waals surface area contributed by atoms with Gasteiger partial charge in [-0.1, -0.05) is 0 Å². The fraction of sp³-hybridized carbons (Fsp3) is 0.333. The average molecular weight is 269 g/mol. The molecule has 2 rings (SSSR count). The summed E-state index contributed by atoms with van der Waals surface area (Å²) in [6.07, 6.45) is 0. The van der Waals surface area contributed by atoms with Crippen LogP contribution >= 0.6 is 12.2 Å². The second kappa shape index (κ2) is 4.28. The van der Waals surface area contributed by atoms with Gasteiger partial charge in [0.05, 0.1) is 0 Å². The molecule has 1 heterocycles. The minimum atomic E-state index is -0.901. The van der Waals surface area contributed by atoms with Gasteiger partial charge in [-0.2, -0.15) is 5.10 Å². The second-order valence-corrected chi connectivity index (χ2v) is 5.37. The molecule has 2 aromatic rings. The van der Waals surface area contributed by atoms with Crippen molar-refractivity contribution in [3.8, 4) is 11.4 Å². The van der Waals surface area contributed by atoms with E-state index in [2.05, 4.69) is 10.2 Å². The summed E-state index contributed by atoms with van der Waals surface area (Å²) in [7, 11) is 0. The van der Waals surface area contributed by atoms with Crippen LogP contribution in [0.2, 0.25) is 0 Å². The van der Waals surface area contributed by atoms with Gasteiger partial charge in [-0.15, -0.1) is 0 Å². The first-order chi connectivity index (χ1) is 8.30. The highest BCUT2D eigenvalue weighted by molar-refractivity contribution is 7.71. The second-order valence-electron chi connectivity index (χ2n) is 4.99. The molecule has 0 saturated heterocycles. The lowest BCUT2D eigenvalue weighted by molar-refractivity contribution is 0.395. The number of H-pyrrole nitrogens is 1. The molecule has 0 fully saturated rings. The van der Waals surface area contributed by atoms with Gasteiger partial charge in [-0.3, -0.25) is 9.67 Å². The third-order valence-electron chi connectivity index (χ3n) is 2.52. The van der Waals surface area contributed by atoms with Gasteiger partial charge in [0.15, 0.2) is 22.2 Å². The van der Waals surface area contributed by atoms with E-state index >= 15 is 0 Å². The molecule has 0 aliphatic carbocycles. The Bertz CT molecular complexity index is 638. The predicted molar refractivity (Wildman–Crippen MR) is 67.8 cm³/mol. The van der Waals surface area contributed by atoms with E-state index in [-0.39, 0.29) is 5.54 Å². The van der Waals surface area contributed by atoms with E-state index in [4.69, 9.17) is 12.2 Å². The molecule has 0 radical (unpaired) electrons. The molecule has 0 aliphatic rings. The van der Waals surface area contributed by atoms with Crippen LogP contribution in [0.5, 0.6) is 0 Å². The zero-order valence-electron chi connectivity index (χ0n) is 10.3. The Kier molecular flexibility index (Phi) is 3.06. The maximum atomic E-state index is 13.3. The first kappa shape index (κ1) is 12.9.